The SMILES string of the molecule is CCOC(=O)/C(C#N)=C/c1cc2c(C)cc(C)cc2[nH]c1=O. The quantitative estimate of drug-likeness (QED) is 0.536. The highest BCUT2D eigenvalue weighted by Gasteiger charge is 2.12. The molecule has 0 saturated carbocycles. The standard InChI is InChI=1S/C17H16N2O3/c1-4-22-17(21)13(9-18)7-12-8-14-11(3)5-10(2)6-15(14)19-16(12)20/h5-8H,4H2,1-3H3,(H,19,20)/b13-7+. The topological polar surface area (TPSA) is 82.9 Å². The zero-order chi connectivity index (χ0) is 16.3. The molecule has 1 aromatic carbocycles. The van der Waals surface area contributed by atoms with E-state index in [0.717, 1.165) is 22.0 Å². The Morgan fingerprint density at radius 1 is 1.36 bits per heavy atom. The number of benzene rings is 1. The van der Waals surface area contributed by atoms with Crippen LogP contribution >= 0.6 is 0 Å². The van der Waals surface area contributed by atoms with E-state index in [-0.39, 0.29) is 23.3 Å². The molecule has 0 radical (unpaired) electrons. The smallest absolute Gasteiger partial charge is 0.348 e. The zero-order valence-electron chi connectivity index (χ0n) is 12.7. The number of fused-ring (bicyclic) bond motifs is 1. The van der Waals surface area contributed by atoms with E-state index in [1.165, 1.54) is 6.08 Å². The molecule has 0 saturated heterocycles. The van der Waals surface area contributed by atoms with Gasteiger partial charge >= 0.3 is 5.97 Å². The van der Waals surface area contributed by atoms with Crippen LogP contribution in [-0.4, -0.2) is 17.6 Å². The molecule has 0 spiro atoms. The zero-order valence-corrected chi connectivity index (χ0v) is 12.7. The summed E-state index contributed by atoms with van der Waals surface area (Å²) in [5, 5.41) is 9.92. The van der Waals surface area contributed by atoms with Gasteiger partial charge in [0, 0.05) is 16.5 Å². The molecule has 1 N–H and O–H groups in total. The maximum Gasteiger partial charge on any atom is 0.348 e. The van der Waals surface area contributed by atoms with Crippen molar-refractivity contribution in [3.8, 4) is 6.07 Å². The van der Waals surface area contributed by atoms with Crippen LogP contribution in [0.3, 0.4) is 0 Å². The van der Waals surface area contributed by atoms with Gasteiger partial charge in [0.15, 0.2) is 0 Å². The number of aryl methyl sites for hydroxylation is 2. The van der Waals surface area contributed by atoms with Crippen LogP contribution in [0.25, 0.3) is 17.0 Å². The molecule has 0 unspecified atom stereocenters. The maximum atomic E-state index is 12.1. The van der Waals surface area contributed by atoms with E-state index in [1.54, 1.807) is 19.1 Å². The Labute approximate surface area is 127 Å². The van der Waals surface area contributed by atoms with Gasteiger partial charge in [-0.3, -0.25) is 4.79 Å². The van der Waals surface area contributed by atoms with E-state index in [0.29, 0.717) is 0 Å². The Hall–Kier alpha value is -2.87. The molecule has 22 heavy (non-hydrogen) atoms. The van der Waals surface area contributed by atoms with Crippen molar-refractivity contribution < 1.29 is 9.53 Å². The highest BCUT2D eigenvalue weighted by atomic mass is 16.5. The summed E-state index contributed by atoms with van der Waals surface area (Å²) in [6, 6.07) is 7.34. The van der Waals surface area contributed by atoms with Crippen LogP contribution in [0.15, 0.2) is 28.6 Å². The summed E-state index contributed by atoms with van der Waals surface area (Å²) >= 11 is 0. The van der Waals surface area contributed by atoms with Gasteiger partial charge in [-0.15, -0.1) is 0 Å². The fourth-order valence-electron chi connectivity index (χ4n) is 2.30. The number of aromatic amines is 1. The van der Waals surface area contributed by atoms with Crippen LogP contribution in [0.4, 0.5) is 0 Å². The Balaban J connectivity index is 2.61. The van der Waals surface area contributed by atoms with E-state index in [1.807, 2.05) is 26.0 Å². The molecule has 2 rings (SSSR count). The van der Waals surface area contributed by atoms with Crippen molar-refractivity contribution >= 4 is 22.9 Å². The lowest BCUT2D eigenvalue weighted by atomic mass is 10.0. The first kappa shape index (κ1) is 15.5. The summed E-state index contributed by atoms with van der Waals surface area (Å²) in [6.07, 6.45) is 1.26. The Morgan fingerprint density at radius 2 is 2.09 bits per heavy atom. The van der Waals surface area contributed by atoms with E-state index in [4.69, 9.17) is 10.00 Å². The highest BCUT2D eigenvalue weighted by molar-refractivity contribution is 5.98. The number of H-pyrrole nitrogens is 1. The highest BCUT2D eigenvalue weighted by Crippen LogP contribution is 2.19. The fourth-order valence-corrected chi connectivity index (χ4v) is 2.30. The lowest BCUT2D eigenvalue weighted by molar-refractivity contribution is -0.137. The van der Waals surface area contributed by atoms with Gasteiger partial charge in [-0.25, -0.2) is 4.79 Å². The molecule has 5 heteroatoms. The number of rotatable bonds is 3. The number of hydrogen-bond acceptors (Lipinski definition) is 4. The Bertz CT molecular complexity index is 870. The molecule has 112 valence electrons. The average Bonchev–Trinajstić information content (AvgIpc) is 2.45. The number of carbonyl (C=O) groups excluding carboxylic acids is 1. The van der Waals surface area contributed by atoms with Gasteiger partial charge < -0.3 is 9.72 Å². The molecular weight excluding hydrogens is 280 g/mol. The second kappa shape index (κ2) is 6.27. The third-order valence-corrected chi connectivity index (χ3v) is 3.26. The summed E-state index contributed by atoms with van der Waals surface area (Å²) in [5.41, 5.74) is 2.49. The Morgan fingerprint density at radius 3 is 2.73 bits per heavy atom. The minimum absolute atomic E-state index is 0.171. The number of aromatic nitrogens is 1. The normalized spacial score (nSPS) is 11.3. The first-order chi connectivity index (χ1) is 10.5. The molecule has 0 atom stereocenters. The molecule has 0 fully saturated rings. The molecule has 1 aromatic heterocycles. The summed E-state index contributed by atoms with van der Waals surface area (Å²) in [6.45, 7) is 5.72. The first-order valence-electron chi connectivity index (χ1n) is 6.89. The minimum atomic E-state index is -0.731. The van der Waals surface area contributed by atoms with Gasteiger partial charge in [-0.2, -0.15) is 5.26 Å². The van der Waals surface area contributed by atoms with Crippen LogP contribution in [0, 0.1) is 25.2 Å². The third-order valence-electron chi connectivity index (χ3n) is 3.26. The lowest BCUT2D eigenvalue weighted by Crippen LogP contribution is -2.12. The number of nitrogens with zero attached hydrogens (tertiary/aromatic N) is 1. The van der Waals surface area contributed by atoms with Crippen LogP contribution in [0.2, 0.25) is 0 Å². The van der Waals surface area contributed by atoms with Crippen LogP contribution in [-0.2, 0) is 9.53 Å². The summed E-state index contributed by atoms with van der Waals surface area (Å²) < 4.78 is 4.79. The molecule has 0 amide bonds. The van der Waals surface area contributed by atoms with E-state index >= 15 is 0 Å². The molecule has 0 aliphatic heterocycles. The molecular formula is C17H16N2O3. The summed E-state index contributed by atoms with van der Waals surface area (Å²) in [7, 11) is 0. The van der Waals surface area contributed by atoms with Gasteiger partial charge in [0.05, 0.1) is 6.61 Å². The van der Waals surface area contributed by atoms with Crippen molar-refractivity contribution in [2.45, 2.75) is 20.8 Å². The average molecular weight is 296 g/mol. The molecule has 1 heterocycles. The summed E-state index contributed by atoms with van der Waals surface area (Å²) in [5.74, 6) is -0.731. The van der Waals surface area contributed by atoms with Crippen molar-refractivity contribution in [3.63, 3.8) is 0 Å². The number of nitrogens with one attached hydrogen (secondary N) is 1. The van der Waals surface area contributed by atoms with Crippen LogP contribution in [0.5, 0.6) is 0 Å². The number of esters is 1. The van der Waals surface area contributed by atoms with Crippen molar-refractivity contribution in [3.05, 3.63) is 50.8 Å². The minimum Gasteiger partial charge on any atom is -0.462 e. The number of hydrogen-bond donors (Lipinski definition) is 1. The van der Waals surface area contributed by atoms with E-state index in [9.17, 15) is 9.59 Å². The van der Waals surface area contributed by atoms with Gasteiger partial charge in [-0.1, -0.05) is 6.07 Å². The number of pyridine rings is 1. The number of nitriles is 1. The van der Waals surface area contributed by atoms with Crippen molar-refractivity contribution in [2.75, 3.05) is 6.61 Å². The lowest BCUT2D eigenvalue weighted by Gasteiger charge is -2.06. The van der Waals surface area contributed by atoms with E-state index in [2.05, 4.69) is 4.98 Å². The van der Waals surface area contributed by atoms with E-state index < -0.39 is 5.97 Å². The van der Waals surface area contributed by atoms with Crippen molar-refractivity contribution in [1.82, 2.24) is 4.98 Å². The predicted molar refractivity (Wildman–Crippen MR) is 84.3 cm³/mol. The largest absolute Gasteiger partial charge is 0.462 e. The Kier molecular flexibility index (Phi) is 4.42. The van der Waals surface area contributed by atoms with Gasteiger partial charge in [0.25, 0.3) is 5.56 Å². The maximum absolute atomic E-state index is 12.1. The first-order valence-corrected chi connectivity index (χ1v) is 6.89. The molecule has 5 nitrogen and oxygen atoms in total. The predicted octanol–water partition coefficient (Wildman–Crippen LogP) is 2.62. The van der Waals surface area contributed by atoms with Gasteiger partial charge in [0.2, 0.25) is 0 Å². The monoisotopic (exact) mass is 296 g/mol. The van der Waals surface area contributed by atoms with Crippen molar-refractivity contribution in [2.24, 2.45) is 0 Å². The number of ether oxygens (including phenoxy) is 1. The van der Waals surface area contributed by atoms with Gasteiger partial charge in [0.1, 0.15) is 11.6 Å². The second-order valence-corrected chi connectivity index (χ2v) is 4.99. The number of carbonyl (C=O) groups is 1. The van der Waals surface area contributed by atoms with Crippen LogP contribution < -0.4 is 5.56 Å². The second-order valence-electron chi connectivity index (χ2n) is 4.99. The fraction of sp³-hybridized carbons (Fsp3) is 0.235. The molecule has 0 aliphatic carbocycles. The molecule has 2 aromatic rings. The molecule has 0 bridgehead atoms. The molecule has 0 aliphatic rings. The third kappa shape index (κ3) is 3.07. The van der Waals surface area contributed by atoms with Gasteiger partial charge in [-0.05, 0) is 50.1 Å². The van der Waals surface area contributed by atoms with Crippen molar-refractivity contribution in [1.29, 1.82) is 5.26 Å². The van der Waals surface area contributed by atoms with Crippen LogP contribution in [0.1, 0.15) is 23.6 Å². The summed E-state index contributed by atoms with van der Waals surface area (Å²) in [4.78, 5) is 26.5.